The summed E-state index contributed by atoms with van der Waals surface area (Å²) in [4.78, 5) is 38.2. The first-order chi connectivity index (χ1) is 12.5. The lowest BCUT2D eigenvalue weighted by molar-refractivity contribution is -0.384. The van der Waals surface area contributed by atoms with Crippen molar-refractivity contribution in [2.24, 2.45) is 5.73 Å². The van der Waals surface area contributed by atoms with Crippen molar-refractivity contribution < 1.29 is 14.5 Å². The Labute approximate surface area is 150 Å². The lowest BCUT2D eigenvalue weighted by Gasteiger charge is -2.35. The number of nitro groups is 1. The minimum Gasteiger partial charge on any atom is -0.366 e. The van der Waals surface area contributed by atoms with Gasteiger partial charge in [-0.3, -0.25) is 19.7 Å². The third kappa shape index (κ3) is 3.49. The van der Waals surface area contributed by atoms with Gasteiger partial charge in [-0.25, -0.2) is 0 Å². The number of carbonyl (C=O) groups is 2. The van der Waals surface area contributed by atoms with E-state index in [0.29, 0.717) is 37.4 Å². The maximum atomic E-state index is 12.5. The first-order valence-electron chi connectivity index (χ1n) is 8.15. The largest absolute Gasteiger partial charge is 0.366 e. The maximum Gasteiger partial charge on any atom is 0.293 e. The van der Waals surface area contributed by atoms with Gasteiger partial charge in [0, 0.05) is 43.4 Å². The average molecular weight is 354 g/mol. The van der Waals surface area contributed by atoms with Gasteiger partial charge < -0.3 is 15.5 Å². The van der Waals surface area contributed by atoms with Gasteiger partial charge in [-0.2, -0.15) is 0 Å². The van der Waals surface area contributed by atoms with Crippen molar-refractivity contribution in [1.82, 2.24) is 4.90 Å². The fourth-order valence-corrected chi connectivity index (χ4v) is 3.00. The van der Waals surface area contributed by atoms with E-state index in [9.17, 15) is 19.7 Å². The summed E-state index contributed by atoms with van der Waals surface area (Å²) < 4.78 is 0. The SMILES string of the molecule is NC(=O)c1ccc(N2CCN(C(=O)c3ccccc3)CC2)c([N+](=O)[O-])c1. The van der Waals surface area contributed by atoms with Gasteiger partial charge in [-0.15, -0.1) is 0 Å². The molecule has 1 aliphatic heterocycles. The Morgan fingerprint density at radius 2 is 1.62 bits per heavy atom. The second kappa shape index (κ2) is 7.22. The first kappa shape index (κ1) is 17.4. The fourth-order valence-electron chi connectivity index (χ4n) is 3.00. The number of benzene rings is 2. The van der Waals surface area contributed by atoms with E-state index in [4.69, 9.17) is 5.73 Å². The molecule has 1 aliphatic rings. The number of amides is 2. The summed E-state index contributed by atoms with van der Waals surface area (Å²) in [6.45, 7) is 1.86. The van der Waals surface area contributed by atoms with Gasteiger partial charge in [-0.05, 0) is 24.3 Å². The zero-order valence-corrected chi connectivity index (χ0v) is 14.0. The molecule has 2 aromatic rings. The van der Waals surface area contributed by atoms with Crippen molar-refractivity contribution in [1.29, 1.82) is 0 Å². The molecule has 0 radical (unpaired) electrons. The molecule has 0 bridgehead atoms. The summed E-state index contributed by atoms with van der Waals surface area (Å²) in [7, 11) is 0. The second-order valence-electron chi connectivity index (χ2n) is 5.97. The molecule has 8 nitrogen and oxygen atoms in total. The Hall–Kier alpha value is -3.42. The predicted molar refractivity (Wildman–Crippen MR) is 96.2 cm³/mol. The number of carbonyl (C=O) groups excluding carboxylic acids is 2. The summed E-state index contributed by atoms with van der Waals surface area (Å²) in [6.07, 6.45) is 0. The van der Waals surface area contributed by atoms with Crippen LogP contribution in [0.25, 0.3) is 0 Å². The number of rotatable bonds is 4. The van der Waals surface area contributed by atoms with Crippen LogP contribution < -0.4 is 10.6 Å². The molecule has 0 atom stereocenters. The highest BCUT2D eigenvalue weighted by Crippen LogP contribution is 2.30. The molecule has 0 aromatic heterocycles. The zero-order chi connectivity index (χ0) is 18.7. The Kier molecular flexibility index (Phi) is 4.83. The van der Waals surface area contributed by atoms with Gasteiger partial charge in [-0.1, -0.05) is 18.2 Å². The summed E-state index contributed by atoms with van der Waals surface area (Å²) in [5.41, 5.74) is 6.18. The number of hydrogen-bond acceptors (Lipinski definition) is 5. The molecule has 1 fully saturated rings. The molecule has 2 amide bonds. The molecule has 2 N–H and O–H groups in total. The van der Waals surface area contributed by atoms with Crippen LogP contribution in [-0.2, 0) is 0 Å². The van der Waals surface area contributed by atoms with E-state index in [1.54, 1.807) is 17.0 Å². The summed E-state index contributed by atoms with van der Waals surface area (Å²) in [5.74, 6) is -0.762. The van der Waals surface area contributed by atoms with Crippen LogP contribution in [0.2, 0.25) is 0 Å². The lowest BCUT2D eigenvalue weighted by Crippen LogP contribution is -2.49. The Morgan fingerprint density at radius 1 is 0.962 bits per heavy atom. The van der Waals surface area contributed by atoms with Crippen molar-refractivity contribution in [2.45, 2.75) is 0 Å². The molecule has 0 spiro atoms. The highest BCUT2D eigenvalue weighted by atomic mass is 16.6. The quantitative estimate of drug-likeness (QED) is 0.663. The summed E-state index contributed by atoms with van der Waals surface area (Å²) in [5, 5.41) is 11.4. The Balaban J connectivity index is 1.75. The van der Waals surface area contributed by atoms with Crippen molar-refractivity contribution in [3.63, 3.8) is 0 Å². The van der Waals surface area contributed by atoms with Gasteiger partial charge in [0.25, 0.3) is 11.6 Å². The third-order valence-electron chi connectivity index (χ3n) is 4.38. The van der Waals surface area contributed by atoms with Crippen LogP contribution in [0.3, 0.4) is 0 Å². The second-order valence-corrected chi connectivity index (χ2v) is 5.97. The van der Waals surface area contributed by atoms with Crippen LogP contribution in [-0.4, -0.2) is 47.8 Å². The third-order valence-corrected chi connectivity index (χ3v) is 4.38. The summed E-state index contributed by atoms with van der Waals surface area (Å²) >= 11 is 0. The van der Waals surface area contributed by atoms with Crippen LogP contribution >= 0.6 is 0 Å². The number of anilines is 1. The van der Waals surface area contributed by atoms with Gasteiger partial charge in [0.2, 0.25) is 5.91 Å². The van der Waals surface area contributed by atoms with Gasteiger partial charge >= 0.3 is 0 Å². The van der Waals surface area contributed by atoms with Gasteiger partial charge in [0.15, 0.2) is 0 Å². The molecular formula is C18H18N4O4. The van der Waals surface area contributed by atoms with Crippen molar-refractivity contribution in [3.05, 3.63) is 69.8 Å². The van der Waals surface area contributed by atoms with E-state index < -0.39 is 10.8 Å². The summed E-state index contributed by atoms with van der Waals surface area (Å²) in [6, 6.07) is 13.2. The molecule has 8 heteroatoms. The molecule has 0 unspecified atom stereocenters. The Bertz CT molecular complexity index is 846. The molecular weight excluding hydrogens is 336 g/mol. The van der Waals surface area contributed by atoms with Crippen molar-refractivity contribution in [2.75, 3.05) is 31.1 Å². The van der Waals surface area contributed by atoms with Crippen LogP contribution in [0, 0.1) is 10.1 Å². The smallest absolute Gasteiger partial charge is 0.293 e. The fraction of sp³-hybridized carbons (Fsp3) is 0.222. The molecule has 2 aromatic carbocycles. The van der Waals surface area contributed by atoms with E-state index in [1.807, 2.05) is 23.1 Å². The minimum atomic E-state index is -0.710. The highest BCUT2D eigenvalue weighted by Gasteiger charge is 2.27. The average Bonchev–Trinajstić information content (AvgIpc) is 2.67. The van der Waals surface area contributed by atoms with Crippen molar-refractivity contribution in [3.8, 4) is 0 Å². The normalized spacial score (nSPS) is 14.2. The number of nitrogens with two attached hydrogens (primary N) is 1. The molecule has 0 saturated carbocycles. The maximum absolute atomic E-state index is 12.5. The van der Waals surface area contributed by atoms with E-state index in [1.165, 1.54) is 18.2 Å². The first-order valence-corrected chi connectivity index (χ1v) is 8.15. The van der Waals surface area contributed by atoms with E-state index >= 15 is 0 Å². The van der Waals surface area contributed by atoms with E-state index in [0.717, 1.165) is 0 Å². The topological polar surface area (TPSA) is 110 Å². The monoisotopic (exact) mass is 354 g/mol. The van der Waals surface area contributed by atoms with Crippen molar-refractivity contribution >= 4 is 23.2 Å². The number of primary amides is 1. The van der Waals surface area contributed by atoms with E-state index in [2.05, 4.69) is 0 Å². The standard InChI is InChI=1S/C18H18N4O4/c19-17(23)14-6-7-15(16(12-14)22(25)26)20-8-10-21(11-9-20)18(24)13-4-2-1-3-5-13/h1-7,12H,8-11H2,(H2,19,23). The van der Waals surface area contributed by atoms with Crippen LogP contribution in [0.4, 0.5) is 11.4 Å². The van der Waals surface area contributed by atoms with E-state index in [-0.39, 0.29) is 17.2 Å². The number of nitrogens with zero attached hydrogens (tertiary/aromatic N) is 3. The molecule has 0 aliphatic carbocycles. The van der Waals surface area contributed by atoms with Crippen LogP contribution in [0.15, 0.2) is 48.5 Å². The molecule has 1 saturated heterocycles. The number of hydrogen-bond donors (Lipinski definition) is 1. The molecule has 134 valence electrons. The van der Waals surface area contributed by atoms with Gasteiger partial charge in [0.1, 0.15) is 5.69 Å². The van der Waals surface area contributed by atoms with Gasteiger partial charge in [0.05, 0.1) is 4.92 Å². The van der Waals surface area contributed by atoms with Crippen LogP contribution in [0.5, 0.6) is 0 Å². The zero-order valence-electron chi connectivity index (χ0n) is 14.0. The minimum absolute atomic E-state index is 0.0520. The highest BCUT2D eigenvalue weighted by molar-refractivity contribution is 5.95. The number of nitro benzene ring substituents is 1. The molecule has 1 heterocycles. The molecule has 3 rings (SSSR count). The number of piperazine rings is 1. The predicted octanol–water partition coefficient (Wildman–Crippen LogP) is 1.66. The Morgan fingerprint density at radius 3 is 2.19 bits per heavy atom. The molecule has 26 heavy (non-hydrogen) atoms. The van der Waals surface area contributed by atoms with Crippen LogP contribution in [0.1, 0.15) is 20.7 Å². The lowest BCUT2D eigenvalue weighted by atomic mass is 10.1.